The Bertz CT molecular complexity index is 774. The van der Waals surface area contributed by atoms with Gasteiger partial charge in [-0.25, -0.2) is 9.97 Å². The lowest BCUT2D eigenvalue weighted by atomic mass is 10.1. The maximum atomic E-state index is 6.32. The molecule has 0 unspecified atom stereocenters. The van der Waals surface area contributed by atoms with Gasteiger partial charge >= 0.3 is 0 Å². The molecule has 0 saturated carbocycles. The highest BCUT2D eigenvalue weighted by molar-refractivity contribution is 6.37. The molecule has 0 aliphatic rings. The van der Waals surface area contributed by atoms with E-state index in [4.69, 9.17) is 23.2 Å². The smallest absolute Gasteiger partial charge is 0.166 e. The van der Waals surface area contributed by atoms with Crippen molar-refractivity contribution in [1.82, 2.24) is 19.7 Å². The second-order valence-corrected chi connectivity index (χ2v) is 5.39. The molecule has 1 aromatic carbocycles. The molecule has 0 amide bonds. The zero-order chi connectivity index (χ0) is 15.0. The average molecular weight is 319 g/mol. The minimum atomic E-state index is 0.333. The van der Waals surface area contributed by atoms with Crippen LogP contribution in [0.15, 0.2) is 36.5 Å². The van der Waals surface area contributed by atoms with E-state index in [1.54, 1.807) is 4.68 Å². The lowest BCUT2D eigenvalue weighted by Gasteiger charge is -2.08. The molecule has 0 aliphatic carbocycles. The number of aromatic nitrogens is 4. The molecule has 0 spiro atoms. The van der Waals surface area contributed by atoms with Crippen molar-refractivity contribution in [2.75, 3.05) is 0 Å². The third kappa shape index (κ3) is 2.64. The highest BCUT2D eigenvalue weighted by atomic mass is 35.5. The molecular weight excluding hydrogens is 307 g/mol. The summed E-state index contributed by atoms with van der Waals surface area (Å²) in [6.45, 7) is 1.89. The van der Waals surface area contributed by atoms with Crippen LogP contribution in [0.5, 0.6) is 0 Å². The fourth-order valence-electron chi connectivity index (χ4n) is 2.19. The highest BCUT2D eigenvalue weighted by Gasteiger charge is 2.16. The van der Waals surface area contributed by atoms with Crippen LogP contribution >= 0.6 is 23.2 Å². The molecule has 106 valence electrons. The number of aryl methyl sites for hydroxylation is 2. The molecule has 0 radical (unpaired) electrons. The van der Waals surface area contributed by atoms with E-state index in [1.807, 2.05) is 50.5 Å². The van der Waals surface area contributed by atoms with Gasteiger partial charge in [-0.05, 0) is 12.5 Å². The van der Waals surface area contributed by atoms with Crippen LogP contribution in [0.1, 0.15) is 5.69 Å². The SMILES string of the molecule is Cc1nn(C)cc1-c1nc(Cl)c(-c2ccccc2)c(Cl)n1. The Kier molecular flexibility index (Phi) is 3.66. The van der Waals surface area contributed by atoms with E-state index in [2.05, 4.69) is 15.1 Å². The van der Waals surface area contributed by atoms with Crippen LogP contribution < -0.4 is 0 Å². The minimum absolute atomic E-state index is 0.333. The van der Waals surface area contributed by atoms with Crippen molar-refractivity contribution in [1.29, 1.82) is 0 Å². The summed E-state index contributed by atoms with van der Waals surface area (Å²) < 4.78 is 1.71. The Morgan fingerprint density at radius 1 is 1.00 bits per heavy atom. The van der Waals surface area contributed by atoms with E-state index in [1.165, 1.54) is 0 Å². The van der Waals surface area contributed by atoms with Gasteiger partial charge in [-0.15, -0.1) is 0 Å². The molecule has 3 aromatic rings. The first-order valence-electron chi connectivity index (χ1n) is 6.35. The van der Waals surface area contributed by atoms with Gasteiger partial charge in [0.2, 0.25) is 0 Å². The molecule has 0 aliphatic heterocycles. The van der Waals surface area contributed by atoms with Gasteiger partial charge in [-0.3, -0.25) is 4.68 Å². The topological polar surface area (TPSA) is 43.6 Å². The van der Waals surface area contributed by atoms with Gasteiger partial charge in [0, 0.05) is 13.2 Å². The molecule has 0 fully saturated rings. The van der Waals surface area contributed by atoms with Gasteiger partial charge in [0.25, 0.3) is 0 Å². The second kappa shape index (κ2) is 5.47. The normalized spacial score (nSPS) is 10.9. The van der Waals surface area contributed by atoms with Crippen molar-refractivity contribution < 1.29 is 0 Å². The lowest BCUT2D eigenvalue weighted by Crippen LogP contribution is -1.95. The fourth-order valence-corrected chi connectivity index (χ4v) is 2.80. The van der Waals surface area contributed by atoms with Gasteiger partial charge in [-0.1, -0.05) is 53.5 Å². The summed E-state index contributed by atoms with van der Waals surface area (Å²) in [6, 6.07) is 9.61. The van der Waals surface area contributed by atoms with E-state index >= 15 is 0 Å². The molecule has 0 N–H and O–H groups in total. The summed E-state index contributed by atoms with van der Waals surface area (Å²) in [5.74, 6) is 0.482. The molecule has 0 atom stereocenters. The van der Waals surface area contributed by atoms with Crippen LogP contribution in [0, 0.1) is 6.92 Å². The van der Waals surface area contributed by atoms with Crippen molar-refractivity contribution >= 4 is 23.2 Å². The largest absolute Gasteiger partial charge is 0.275 e. The number of hydrogen-bond donors (Lipinski definition) is 0. The zero-order valence-corrected chi connectivity index (χ0v) is 13.0. The summed E-state index contributed by atoms with van der Waals surface area (Å²) in [6.07, 6.45) is 1.85. The number of rotatable bonds is 2. The third-order valence-corrected chi connectivity index (χ3v) is 3.68. The fraction of sp³-hybridized carbons (Fsp3) is 0.133. The number of halogens is 2. The molecule has 6 heteroatoms. The van der Waals surface area contributed by atoms with Gasteiger partial charge in [0.15, 0.2) is 5.82 Å². The van der Waals surface area contributed by atoms with Gasteiger partial charge in [-0.2, -0.15) is 5.10 Å². The third-order valence-electron chi connectivity index (χ3n) is 3.14. The quantitative estimate of drug-likeness (QED) is 0.666. The van der Waals surface area contributed by atoms with Crippen molar-refractivity contribution in [3.05, 3.63) is 52.5 Å². The first kappa shape index (κ1) is 14.0. The standard InChI is InChI=1S/C15H12Cl2N4/c1-9-11(8-21(2)20-9)15-18-13(16)12(14(17)19-15)10-6-4-3-5-7-10/h3-8H,1-2H3. The van der Waals surface area contributed by atoms with Crippen molar-refractivity contribution in [2.24, 2.45) is 7.05 Å². The summed E-state index contributed by atoms with van der Waals surface area (Å²) >= 11 is 12.6. The predicted molar refractivity (Wildman–Crippen MR) is 84.4 cm³/mol. The zero-order valence-electron chi connectivity index (χ0n) is 11.5. The van der Waals surface area contributed by atoms with Crippen LogP contribution in [0.2, 0.25) is 10.3 Å². The summed E-state index contributed by atoms with van der Waals surface area (Å²) in [5, 5.41) is 4.94. The summed E-state index contributed by atoms with van der Waals surface area (Å²) in [7, 11) is 1.85. The first-order valence-corrected chi connectivity index (χ1v) is 7.11. The lowest BCUT2D eigenvalue weighted by molar-refractivity contribution is 0.756. The number of hydrogen-bond acceptors (Lipinski definition) is 3. The molecule has 2 heterocycles. The Morgan fingerprint density at radius 2 is 1.62 bits per heavy atom. The van der Waals surface area contributed by atoms with Crippen LogP contribution in [-0.2, 0) is 7.05 Å². The molecule has 2 aromatic heterocycles. The van der Waals surface area contributed by atoms with Crippen LogP contribution in [0.25, 0.3) is 22.5 Å². The van der Waals surface area contributed by atoms with Gasteiger partial charge in [0.05, 0.1) is 16.8 Å². The summed E-state index contributed by atoms with van der Waals surface area (Å²) in [4.78, 5) is 8.74. The number of benzene rings is 1. The number of nitrogens with zero attached hydrogens (tertiary/aromatic N) is 4. The van der Waals surface area contributed by atoms with E-state index in [-0.39, 0.29) is 0 Å². The minimum Gasteiger partial charge on any atom is -0.275 e. The Balaban J connectivity index is 2.15. The Hall–Kier alpha value is -1.91. The van der Waals surface area contributed by atoms with Crippen molar-refractivity contribution in [3.8, 4) is 22.5 Å². The van der Waals surface area contributed by atoms with Gasteiger partial charge in [0.1, 0.15) is 10.3 Å². The van der Waals surface area contributed by atoms with E-state index in [0.717, 1.165) is 16.8 Å². The van der Waals surface area contributed by atoms with E-state index in [0.29, 0.717) is 21.7 Å². The Morgan fingerprint density at radius 3 is 2.14 bits per heavy atom. The second-order valence-electron chi connectivity index (χ2n) is 4.67. The van der Waals surface area contributed by atoms with E-state index < -0.39 is 0 Å². The average Bonchev–Trinajstić information content (AvgIpc) is 2.78. The summed E-state index contributed by atoms with van der Waals surface area (Å²) in [5.41, 5.74) is 3.18. The van der Waals surface area contributed by atoms with Crippen molar-refractivity contribution in [3.63, 3.8) is 0 Å². The molecule has 0 saturated heterocycles. The van der Waals surface area contributed by atoms with Crippen molar-refractivity contribution in [2.45, 2.75) is 6.92 Å². The molecular formula is C15H12Cl2N4. The van der Waals surface area contributed by atoms with Crippen LogP contribution in [0.3, 0.4) is 0 Å². The maximum Gasteiger partial charge on any atom is 0.166 e. The monoisotopic (exact) mass is 318 g/mol. The maximum absolute atomic E-state index is 6.32. The van der Waals surface area contributed by atoms with E-state index in [9.17, 15) is 0 Å². The molecule has 3 rings (SSSR count). The molecule has 4 nitrogen and oxygen atoms in total. The van der Waals surface area contributed by atoms with Crippen LogP contribution in [0.4, 0.5) is 0 Å². The molecule has 0 bridgehead atoms. The predicted octanol–water partition coefficient (Wildman–Crippen LogP) is 4.16. The van der Waals surface area contributed by atoms with Gasteiger partial charge < -0.3 is 0 Å². The Labute approximate surface area is 132 Å². The first-order chi connectivity index (χ1) is 10.1. The highest BCUT2D eigenvalue weighted by Crippen LogP contribution is 2.34. The van der Waals surface area contributed by atoms with Crippen LogP contribution in [-0.4, -0.2) is 19.7 Å². The molecule has 21 heavy (non-hydrogen) atoms.